The maximum Gasteiger partial charge on any atom is 0.00962 e. The highest BCUT2D eigenvalue weighted by Crippen LogP contribution is 2.38. The lowest BCUT2D eigenvalue weighted by Gasteiger charge is -2.27. The zero-order valence-corrected chi connectivity index (χ0v) is 7.78. The van der Waals surface area contributed by atoms with Gasteiger partial charge in [0, 0.05) is 6.04 Å². The minimum absolute atomic E-state index is 0.552. The van der Waals surface area contributed by atoms with Crippen molar-refractivity contribution in [2.24, 2.45) is 17.6 Å². The van der Waals surface area contributed by atoms with Crippen molar-refractivity contribution in [3.05, 3.63) is 0 Å². The van der Waals surface area contributed by atoms with Crippen LogP contribution in [0.3, 0.4) is 0 Å². The van der Waals surface area contributed by atoms with Gasteiger partial charge in [0.05, 0.1) is 0 Å². The average molecular weight is 171 g/mol. The predicted molar refractivity (Wildman–Crippen MR) is 50.7 cm³/mol. The summed E-state index contributed by atoms with van der Waals surface area (Å²) in [5.74, 6) is 4.47. The lowest BCUT2D eigenvalue weighted by atomic mass is 9.91. The summed E-state index contributed by atoms with van der Waals surface area (Å²) >= 11 is 2.09. The molecule has 1 saturated carbocycles. The maximum atomic E-state index is 6.14. The first kappa shape index (κ1) is 7.93. The Labute approximate surface area is 73.1 Å². The van der Waals surface area contributed by atoms with Gasteiger partial charge in [-0.15, -0.1) is 0 Å². The van der Waals surface area contributed by atoms with E-state index in [1.165, 1.54) is 37.2 Å². The third kappa shape index (κ3) is 1.91. The molecule has 0 amide bonds. The van der Waals surface area contributed by atoms with Gasteiger partial charge in [-0.25, -0.2) is 0 Å². The molecule has 0 radical (unpaired) electrons. The highest BCUT2D eigenvalue weighted by Gasteiger charge is 2.34. The second-order valence-electron chi connectivity index (χ2n) is 3.86. The molecule has 2 heteroatoms. The van der Waals surface area contributed by atoms with Gasteiger partial charge >= 0.3 is 0 Å². The summed E-state index contributed by atoms with van der Waals surface area (Å²) in [6.45, 7) is 0. The van der Waals surface area contributed by atoms with Crippen LogP contribution < -0.4 is 5.73 Å². The number of hydrogen-bond acceptors (Lipinski definition) is 2. The van der Waals surface area contributed by atoms with E-state index in [2.05, 4.69) is 11.8 Å². The number of nitrogens with two attached hydrogens (primary N) is 1. The van der Waals surface area contributed by atoms with Crippen LogP contribution in [0.1, 0.15) is 25.7 Å². The molecule has 1 aliphatic carbocycles. The van der Waals surface area contributed by atoms with Crippen LogP contribution in [0.2, 0.25) is 0 Å². The summed E-state index contributed by atoms with van der Waals surface area (Å²) in [5.41, 5.74) is 6.14. The van der Waals surface area contributed by atoms with Crippen molar-refractivity contribution in [2.45, 2.75) is 31.7 Å². The third-order valence-corrected chi connectivity index (χ3v) is 4.03. The molecule has 0 spiro atoms. The van der Waals surface area contributed by atoms with Crippen molar-refractivity contribution in [1.82, 2.24) is 0 Å². The van der Waals surface area contributed by atoms with Crippen molar-refractivity contribution >= 4 is 11.8 Å². The van der Waals surface area contributed by atoms with E-state index in [9.17, 15) is 0 Å². The summed E-state index contributed by atoms with van der Waals surface area (Å²) in [6.07, 6.45) is 5.57. The Morgan fingerprint density at radius 3 is 2.09 bits per heavy atom. The Morgan fingerprint density at radius 2 is 1.55 bits per heavy atom. The Kier molecular flexibility index (Phi) is 2.42. The van der Waals surface area contributed by atoms with Gasteiger partial charge in [-0.3, -0.25) is 0 Å². The van der Waals surface area contributed by atoms with Gasteiger partial charge < -0.3 is 5.73 Å². The fraction of sp³-hybridized carbons (Fsp3) is 1.00. The second-order valence-corrected chi connectivity index (χ2v) is 5.09. The number of thioether (sulfide) groups is 1. The normalized spacial score (nSPS) is 30.3. The lowest BCUT2D eigenvalue weighted by molar-refractivity contribution is 0.363. The lowest BCUT2D eigenvalue weighted by Crippen LogP contribution is -2.34. The smallest absolute Gasteiger partial charge is 0.00962 e. The monoisotopic (exact) mass is 171 g/mol. The zero-order valence-electron chi connectivity index (χ0n) is 6.96. The van der Waals surface area contributed by atoms with E-state index in [1.807, 2.05) is 0 Å². The van der Waals surface area contributed by atoms with E-state index in [-0.39, 0.29) is 0 Å². The molecule has 64 valence electrons. The van der Waals surface area contributed by atoms with E-state index in [0.29, 0.717) is 6.04 Å². The van der Waals surface area contributed by atoms with Crippen LogP contribution in [0.15, 0.2) is 0 Å². The topological polar surface area (TPSA) is 26.0 Å². The molecule has 1 aliphatic heterocycles. The van der Waals surface area contributed by atoms with Crippen LogP contribution in [0.4, 0.5) is 0 Å². The summed E-state index contributed by atoms with van der Waals surface area (Å²) in [5, 5.41) is 0. The van der Waals surface area contributed by atoms with Crippen LogP contribution in [0.5, 0.6) is 0 Å². The van der Waals surface area contributed by atoms with Gasteiger partial charge in [0.1, 0.15) is 0 Å². The molecule has 0 aromatic rings. The SMILES string of the molecule is NC(C1CCSCC1)C1CC1. The van der Waals surface area contributed by atoms with Crippen molar-refractivity contribution in [2.75, 3.05) is 11.5 Å². The Morgan fingerprint density at radius 1 is 1.00 bits per heavy atom. The summed E-state index contributed by atoms with van der Waals surface area (Å²) in [7, 11) is 0. The van der Waals surface area contributed by atoms with E-state index < -0.39 is 0 Å². The zero-order chi connectivity index (χ0) is 7.68. The fourth-order valence-corrected chi connectivity index (χ4v) is 3.11. The molecule has 1 heterocycles. The second kappa shape index (κ2) is 3.36. The van der Waals surface area contributed by atoms with Crippen LogP contribution in [0, 0.1) is 11.8 Å². The minimum atomic E-state index is 0.552. The van der Waals surface area contributed by atoms with Crippen LogP contribution in [-0.4, -0.2) is 17.5 Å². The van der Waals surface area contributed by atoms with Gasteiger partial charge in [-0.1, -0.05) is 0 Å². The Hall–Kier alpha value is 0.310. The quantitative estimate of drug-likeness (QED) is 0.686. The van der Waals surface area contributed by atoms with E-state index in [0.717, 1.165) is 11.8 Å². The van der Waals surface area contributed by atoms with Crippen molar-refractivity contribution < 1.29 is 0 Å². The van der Waals surface area contributed by atoms with E-state index in [4.69, 9.17) is 5.73 Å². The van der Waals surface area contributed by atoms with Crippen molar-refractivity contribution in [3.63, 3.8) is 0 Å². The molecule has 1 nitrogen and oxygen atoms in total. The van der Waals surface area contributed by atoms with Gasteiger partial charge in [0.25, 0.3) is 0 Å². The van der Waals surface area contributed by atoms with Crippen molar-refractivity contribution in [1.29, 1.82) is 0 Å². The molecule has 1 saturated heterocycles. The molecule has 2 fully saturated rings. The van der Waals surface area contributed by atoms with Crippen LogP contribution in [-0.2, 0) is 0 Å². The number of hydrogen-bond donors (Lipinski definition) is 1. The minimum Gasteiger partial charge on any atom is -0.327 e. The fourth-order valence-electron chi connectivity index (χ4n) is 1.97. The molecule has 1 atom stereocenters. The molecule has 0 aromatic heterocycles. The molecule has 2 N–H and O–H groups in total. The average Bonchev–Trinajstić information content (AvgIpc) is 2.87. The molecular formula is C9H17NS. The highest BCUT2D eigenvalue weighted by atomic mass is 32.2. The first-order valence-corrected chi connectivity index (χ1v) is 5.87. The molecule has 2 rings (SSSR count). The first-order chi connectivity index (χ1) is 5.38. The van der Waals surface area contributed by atoms with Gasteiger partial charge in [0.2, 0.25) is 0 Å². The summed E-state index contributed by atoms with van der Waals surface area (Å²) < 4.78 is 0. The summed E-state index contributed by atoms with van der Waals surface area (Å²) in [6, 6.07) is 0.552. The van der Waals surface area contributed by atoms with Crippen LogP contribution in [0.25, 0.3) is 0 Å². The first-order valence-electron chi connectivity index (χ1n) is 4.71. The Balaban J connectivity index is 1.81. The van der Waals surface area contributed by atoms with E-state index >= 15 is 0 Å². The molecule has 0 aromatic carbocycles. The van der Waals surface area contributed by atoms with Gasteiger partial charge in [-0.2, -0.15) is 11.8 Å². The standard InChI is InChI=1S/C9H17NS/c10-9(7-1-2-7)8-3-5-11-6-4-8/h7-9H,1-6,10H2. The molecule has 2 aliphatic rings. The molecule has 11 heavy (non-hydrogen) atoms. The highest BCUT2D eigenvalue weighted by molar-refractivity contribution is 7.99. The Bertz CT molecular complexity index is 128. The third-order valence-electron chi connectivity index (χ3n) is 2.98. The largest absolute Gasteiger partial charge is 0.327 e. The van der Waals surface area contributed by atoms with Crippen LogP contribution >= 0.6 is 11.8 Å². The summed E-state index contributed by atoms with van der Waals surface area (Å²) in [4.78, 5) is 0. The number of rotatable bonds is 2. The van der Waals surface area contributed by atoms with E-state index in [1.54, 1.807) is 0 Å². The predicted octanol–water partition coefficient (Wildman–Crippen LogP) is 1.87. The molecule has 0 bridgehead atoms. The van der Waals surface area contributed by atoms with Crippen molar-refractivity contribution in [3.8, 4) is 0 Å². The molecular weight excluding hydrogens is 154 g/mol. The molecule has 1 unspecified atom stereocenters. The van der Waals surface area contributed by atoms with Gasteiger partial charge in [-0.05, 0) is 49.0 Å². The maximum absolute atomic E-state index is 6.14. The van der Waals surface area contributed by atoms with Gasteiger partial charge in [0.15, 0.2) is 0 Å².